The van der Waals surface area contributed by atoms with E-state index in [1.165, 1.54) is 6.07 Å². The summed E-state index contributed by atoms with van der Waals surface area (Å²) in [6, 6.07) is 4.90. The van der Waals surface area contributed by atoms with Crippen molar-refractivity contribution in [1.82, 2.24) is 20.5 Å². The number of aromatic amines is 1. The summed E-state index contributed by atoms with van der Waals surface area (Å²) in [6.45, 7) is 3.69. The molecule has 1 aliphatic rings. The Labute approximate surface area is 124 Å². The minimum atomic E-state index is -0.320. The zero-order chi connectivity index (χ0) is 13.9. The second-order valence-corrected chi connectivity index (χ2v) is 5.61. The molecule has 0 unspecified atom stereocenters. The molecule has 0 spiro atoms. The van der Waals surface area contributed by atoms with Crippen LogP contribution in [0.3, 0.4) is 0 Å². The molecule has 3 rings (SSSR count). The fraction of sp³-hybridized carbons (Fsp3) is 0.385. The first kappa shape index (κ1) is 13.5. The highest BCUT2D eigenvalue weighted by Gasteiger charge is 2.16. The van der Waals surface area contributed by atoms with E-state index in [0.29, 0.717) is 21.8 Å². The van der Waals surface area contributed by atoms with Crippen LogP contribution in [0.5, 0.6) is 0 Å². The van der Waals surface area contributed by atoms with Crippen molar-refractivity contribution in [3.05, 3.63) is 28.5 Å². The maximum Gasteiger partial charge on any atom is 0.245 e. The predicted molar refractivity (Wildman–Crippen MR) is 79.2 cm³/mol. The monoisotopic (exact) mass is 339 g/mol. The summed E-state index contributed by atoms with van der Waals surface area (Å²) < 4.78 is 14.6. The van der Waals surface area contributed by atoms with E-state index in [4.69, 9.17) is 0 Å². The Balaban J connectivity index is 1.85. The molecule has 7 heteroatoms. The van der Waals surface area contributed by atoms with Gasteiger partial charge in [-0.15, -0.1) is 5.10 Å². The maximum atomic E-state index is 13.9. The van der Waals surface area contributed by atoms with E-state index < -0.39 is 0 Å². The summed E-state index contributed by atoms with van der Waals surface area (Å²) >= 11 is 3.24. The first-order valence-electron chi connectivity index (χ1n) is 6.57. The van der Waals surface area contributed by atoms with Gasteiger partial charge in [-0.2, -0.15) is 4.98 Å². The van der Waals surface area contributed by atoms with E-state index in [1.807, 2.05) is 0 Å². The lowest BCUT2D eigenvalue weighted by Crippen LogP contribution is -2.28. The molecule has 1 fully saturated rings. The number of hydrogen-bond acceptors (Lipinski definition) is 4. The Morgan fingerprint density at radius 2 is 2.15 bits per heavy atom. The van der Waals surface area contributed by atoms with Crippen molar-refractivity contribution in [1.29, 1.82) is 0 Å². The van der Waals surface area contributed by atoms with Crippen molar-refractivity contribution >= 4 is 21.9 Å². The van der Waals surface area contributed by atoms with Gasteiger partial charge in [0.2, 0.25) is 5.95 Å². The van der Waals surface area contributed by atoms with Gasteiger partial charge in [0.25, 0.3) is 0 Å². The molecule has 2 N–H and O–H groups in total. The van der Waals surface area contributed by atoms with Gasteiger partial charge in [-0.1, -0.05) is 15.9 Å². The maximum absolute atomic E-state index is 13.9. The quantitative estimate of drug-likeness (QED) is 0.880. The number of rotatable bonds is 2. The van der Waals surface area contributed by atoms with Gasteiger partial charge >= 0.3 is 0 Å². The average molecular weight is 340 g/mol. The number of halogens is 2. The largest absolute Gasteiger partial charge is 0.338 e. The molecular weight excluding hydrogens is 325 g/mol. The van der Waals surface area contributed by atoms with Crippen LogP contribution in [-0.4, -0.2) is 41.4 Å². The third kappa shape index (κ3) is 2.83. The third-order valence-corrected chi connectivity index (χ3v) is 3.78. The average Bonchev–Trinajstić information content (AvgIpc) is 2.74. The molecule has 0 aliphatic carbocycles. The minimum absolute atomic E-state index is 0.320. The first-order chi connectivity index (χ1) is 9.74. The molecule has 5 nitrogen and oxygen atoms in total. The standard InChI is InChI=1S/C13H15BrFN5/c14-9-2-3-10(11(15)8-9)12-17-13(19-18-12)20-6-1-4-16-5-7-20/h2-3,8,16H,1,4-7H2,(H,17,18,19). The van der Waals surface area contributed by atoms with E-state index in [1.54, 1.807) is 12.1 Å². The van der Waals surface area contributed by atoms with Gasteiger partial charge in [0, 0.05) is 24.1 Å². The highest BCUT2D eigenvalue weighted by Crippen LogP contribution is 2.24. The third-order valence-electron chi connectivity index (χ3n) is 3.28. The predicted octanol–water partition coefficient (Wildman–Crippen LogP) is 2.17. The Morgan fingerprint density at radius 3 is 3.00 bits per heavy atom. The second-order valence-electron chi connectivity index (χ2n) is 4.70. The topological polar surface area (TPSA) is 56.8 Å². The van der Waals surface area contributed by atoms with Gasteiger partial charge in [-0.25, -0.2) is 4.39 Å². The summed E-state index contributed by atoms with van der Waals surface area (Å²) in [4.78, 5) is 6.52. The molecule has 2 aromatic rings. The van der Waals surface area contributed by atoms with Crippen molar-refractivity contribution in [3.63, 3.8) is 0 Å². The van der Waals surface area contributed by atoms with Crippen LogP contribution in [0.2, 0.25) is 0 Å². The van der Waals surface area contributed by atoms with E-state index in [9.17, 15) is 4.39 Å². The smallest absolute Gasteiger partial charge is 0.245 e. The first-order valence-corrected chi connectivity index (χ1v) is 7.37. The molecule has 1 aromatic heterocycles. The van der Waals surface area contributed by atoms with Crippen molar-refractivity contribution in [2.75, 3.05) is 31.1 Å². The SMILES string of the molecule is Fc1cc(Br)ccc1-c1nc(N2CCCNCC2)n[nH]1. The molecule has 1 aliphatic heterocycles. The number of H-pyrrole nitrogens is 1. The van der Waals surface area contributed by atoms with Gasteiger partial charge in [-0.05, 0) is 31.2 Å². The lowest BCUT2D eigenvalue weighted by molar-refractivity contribution is 0.629. The number of anilines is 1. The van der Waals surface area contributed by atoms with Crippen LogP contribution in [-0.2, 0) is 0 Å². The van der Waals surface area contributed by atoms with Crippen molar-refractivity contribution in [2.45, 2.75) is 6.42 Å². The molecule has 0 amide bonds. The Morgan fingerprint density at radius 1 is 1.25 bits per heavy atom. The second kappa shape index (κ2) is 5.88. The van der Waals surface area contributed by atoms with Gasteiger partial charge in [0.15, 0.2) is 5.82 Å². The van der Waals surface area contributed by atoms with Crippen LogP contribution >= 0.6 is 15.9 Å². The number of nitrogens with one attached hydrogen (secondary N) is 2. The number of hydrogen-bond donors (Lipinski definition) is 2. The van der Waals surface area contributed by atoms with Crippen molar-refractivity contribution < 1.29 is 4.39 Å². The van der Waals surface area contributed by atoms with Crippen LogP contribution in [0.15, 0.2) is 22.7 Å². The van der Waals surface area contributed by atoms with Crippen LogP contribution in [0.25, 0.3) is 11.4 Å². The molecule has 1 saturated heterocycles. The molecule has 0 bridgehead atoms. The Hall–Kier alpha value is -1.47. The summed E-state index contributed by atoms with van der Waals surface area (Å²) in [5.41, 5.74) is 0.430. The van der Waals surface area contributed by atoms with Gasteiger partial charge in [0.05, 0.1) is 5.56 Å². The highest BCUT2D eigenvalue weighted by atomic mass is 79.9. The van der Waals surface area contributed by atoms with Gasteiger partial charge in [-0.3, -0.25) is 5.10 Å². The zero-order valence-corrected chi connectivity index (χ0v) is 12.5. The van der Waals surface area contributed by atoms with Crippen LogP contribution in [0.4, 0.5) is 10.3 Å². The Bertz CT molecular complexity index is 592. The van der Waals surface area contributed by atoms with Gasteiger partial charge in [0.1, 0.15) is 5.82 Å². The highest BCUT2D eigenvalue weighted by molar-refractivity contribution is 9.10. The molecule has 106 valence electrons. The lowest BCUT2D eigenvalue weighted by atomic mass is 10.2. The number of benzene rings is 1. The number of aromatic nitrogens is 3. The minimum Gasteiger partial charge on any atom is -0.338 e. The Kier molecular flexibility index (Phi) is 3.98. The molecule has 2 heterocycles. The summed E-state index contributed by atoms with van der Waals surface area (Å²) in [6.07, 6.45) is 1.05. The van der Waals surface area contributed by atoms with Crippen molar-refractivity contribution in [3.8, 4) is 11.4 Å². The molecule has 0 atom stereocenters. The van der Waals surface area contributed by atoms with Gasteiger partial charge < -0.3 is 10.2 Å². The van der Waals surface area contributed by atoms with E-state index in [-0.39, 0.29) is 5.82 Å². The van der Waals surface area contributed by atoms with E-state index in [2.05, 4.69) is 41.3 Å². The molecular formula is C13H15BrFN5. The summed E-state index contributed by atoms with van der Waals surface area (Å²) in [5, 5.41) is 10.4. The fourth-order valence-corrected chi connectivity index (χ4v) is 2.58. The normalized spacial score (nSPS) is 16.2. The molecule has 1 aromatic carbocycles. The van der Waals surface area contributed by atoms with Crippen LogP contribution < -0.4 is 10.2 Å². The molecule has 0 saturated carbocycles. The van der Waals surface area contributed by atoms with Crippen LogP contribution in [0.1, 0.15) is 6.42 Å². The molecule has 20 heavy (non-hydrogen) atoms. The van der Waals surface area contributed by atoms with Crippen molar-refractivity contribution in [2.24, 2.45) is 0 Å². The number of nitrogens with zero attached hydrogens (tertiary/aromatic N) is 3. The summed E-state index contributed by atoms with van der Waals surface area (Å²) in [7, 11) is 0. The van der Waals surface area contributed by atoms with E-state index in [0.717, 1.165) is 32.6 Å². The van der Waals surface area contributed by atoms with E-state index >= 15 is 0 Å². The van der Waals surface area contributed by atoms with Crippen LogP contribution in [0, 0.1) is 5.82 Å². The fourth-order valence-electron chi connectivity index (χ4n) is 2.24. The molecule has 0 radical (unpaired) electrons. The zero-order valence-electron chi connectivity index (χ0n) is 10.9. The summed E-state index contributed by atoms with van der Waals surface area (Å²) in [5.74, 6) is 0.771. The lowest BCUT2D eigenvalue weighted by Gasteiger charge is -2.16.